The summed E-state index contributed by atoms with van der Waals surface area (Å²) in [5.41, 5.74) is 0. The minimum absolute atomic E-state index is 0.222. The van der Waals surface area contributed by atoms with Gasteiger partial charge in [-0.1, -0.05) is 0 Å². The van der Waals surface area contributed by atoms with Crippen LogP contribution >= 0.6 is 0 Å². The predicted molar refractivity (Wildman–Crippen MR) is 64.3 cm³/mol. The Morgan fingerprint density at radius 3 is 1.50 bits per heavy atom. The zero-order valence-corrected chi connectivity index (χ0v) is 10.7. The lowest BCUT2D eigenvalue weighted by Crippen LogP contribution is -2.47. The van der Waals surface area contributed by atoms with E-state index in [0.717, 1.165) is 0 Å². The van der Waals surface area contributed by atoms with Crippen LogP contribution in [0.25, 0.3) is 0 Å². The Morgan fingerprint density at radius 1 is 0.900 bits per heavy atom. The third-order valence-corrected chi connectivity index (χ3v) is 3.67. The first-order valence-electron chi connectivity index (χ1n) is 6.42. The molecule has 2 aliphatic rings. The van der Waals surface area contributed by atoms with Crippen LogP contribution in [0.2, 0.25) is 0 Å². The van der Waals surface area contributed by atoms with Crippen LogP contribution in [-0.2, 0) is 19.2 Å². The van der Waals surface area contributed by atoms with Gasteiger partial charge in [0.25, 0.3) is 0 Å². The van der Waals surface area contributed by atoms with Crippen molar-refractivity contribution in [1.29, 1.82) is 0 Å². The molecular formula is C12H16N2O6. The number of Topliss-reactive ketones (excluding diaryl/α,β-unsaturated/α-hetero) is 2. The summed E-state index contributed by atoms with van der Waals surface area (Å²) in [6, 6.07) is 0. The van der Waals surface area contributed by atoms with Crippen molar-refractivity contribution in [3.05, 3.63) is 0 Å². The van der Waals surface area contributed by atoms with E-state index < -0.39 is 47.4 Å². The fraction of sp³-hybridized carbons (Fsp3) is 0.667. The molecule has 2 heterocycles. The van der Waals surface area contributed by atoms with Gasteiger partial charge in [0.1, 0.15) is 24.0 Å². The summed E-state index contributed by atoms with van der Waals surface area (Å²) in [7, 11) is 0. The molecule has 0 aromatic rings. The Balaban J connectivity index is 2.02. The molecule has 0 bridgehead atoms. The molecule has 110 valence electrons. The van der Waals surface area contributed by atoms with Crippen molar-refractivity contribution in [3.8, 4) is 0 Å². The normalized spacial score (nSPS) is 28.7. The third-order valence-electron chi connectivity index (χ3n) is 3.67. The number of hydrogen-bond acceptors (Lipinski definition) is 6. The lowest BCUT2D eigenvalue weighted by molar-refractivity contribution is -0.151. The molecule has 2 aliphatic heterocycles. The highest BCUT2D eigenvalue weighted by molar-refractivity contribution is 6.09. The van der Waals surface area contributed by atoms with Gasteiger partial charge in [-0.3, -0.25) is 19.2 Å². The Hall–Kier alpha value is -1.80. The van der Waals surface area contributed by atoms with Crippen LogP contribution in [0, 0.1) is 11.8 Å². The number of carbonyl (C=O) groups excluding carboxylic acids is 4. The summed E-state index contributed by atoms with van der Waals surface area (Å²) >= 11 is 0. The average molecular weight is 284 g/mol. The zero-order chi connectivity index (χ0) is 14.9. The van der Waals surface area contributed by atoms with E-state index in [1.54, 1.807) is 0 Å². The Bertz CT molecular complexity index is 421. The fourth-order valence-electron chi connectivity index (χ4n) is 2.45. The highest BCUT2D eigenvalue weighted by Crippen LogP contribution is 2.18. The van der Waals surface area contributed by atoms with E-state index in [-0.39, 0.29) is 12.8 Å². The molecule has 0 aliphatic carbocycles. The average Bonchev–Trinajstić information content (AvgIpc) is 3.04. The van der Waals surface area contributed by atoms with Crippen LogP contribution in [-0.4, -0.2) is 58.9 Å². The highest BCUT2D eigenvalue weighted by Gasteiger charge is 2.43. The van der Waals surface area contributed by atoms with Gasteiger partial charge >= 0.3 is 0 Å². The molecular weight excluding hydrogens is 268 g/mol. The maximum absolute atomic E-state index is 11.9. The van der Waals surface area contributed by atoms with Crippen molar-refractivity contribution >= 4 is 23.4 Å². The first kappa shape index (κ1) is 14.6. The van der Waals surface area contributed by atoms with Gasteiger partial charge in [0.2, 0.25) is 11.8 Å². The van der Waals surface area contributed by atoms with Crippen molar-refractivity contribution in [1.82, 2.24) is 10.6 Å². The minimum Gasteiger partial charge on any atom is -0.382 e. The van der Waals surface area contributed by atoms with Gasteiger partial charge in [-0.05, 0) is 12.8 Å². The minimum atomic E-state index is -1.98. The molecule has 2 fully saturated rings. The molecule has 8 heteroatoms. The SMILES string of the molecule is O=C1NCCC1C(=O)C(O)C(O)C(=O)C1CCNC1=O. The summed E-state index contributed by atoms with van der Waals surface area (Å²) in [6.07, 6.45) is -3.52. The molecule has 4 N–H and O–H groups in total. The molecule has 8 nitrogen and oxygen atoms in total. The first-order valence-corrected chi connectivity index (χ1v) is 6.42. The monoisotopic (exact) mass is 284 g/mol. The Morgan fingerprint density at radius 2 is 1.25 bits per heavy atom. The second kappa shape index (κ2) is 5.68. The lowest BCUT2D eigenvalue weighted by atomic mass is 9.89. The van der Waals surface area contributed by atoms with Crippen LogP contribution in [0.4, 0.5) is 0 Å². The van der Waals surface area contributed by atoms with Crippen LogP contribution in [0.15, 0.2) is 0 Å². The quantitative estimate of drug-likeness (QED) is 0.401. The van der Waals surface area contributed by atoms with E-state index in [0.29, 0.717) is 13.1 Å². The number of rotatable bonds is 5. The van der Waals surface area contributed by atoms with Crippen LogP contribution in [0.1, 0.15) is 12.8 Å². The molecule has 20 heavy (non-hydrogen) atoms. The first-order chi connectivity index (χ1) is 9.43. The van der Waals surface area contributed by atoms with Crippen molar-refractivity contribution in [2.45, 2.75) is 25.0 Å². The van der Waals surface area contributed by atoms with Gasteiger partial charge in [-0.15, -0.1) is 0 Å². The third kappa shape index (κ3) is 2.56. The summed E-state index contributed by atoms with van der Waals surface area (Å²) in [4.78, 5) is 46.4. The van der Waals surface area contributed by atoms with Crippen LogP contribution in [0.5, 0.6) is 0 Å². The molecule has 2 saturated heterocycles. The summed E-state index contributed by atoms with van der Waals surface area (Å²) < 4.78 is 0. The van der Waals surface area contributed by atoms with Gasteiger partial charge in [-0.2, -0.15) is 0 Å². The van der Waals surface area contributed by atoms with Gasteiger partial charge in [0.15, 0.2) is 11.6 Å². The largest absolute Gasteiger partial charge is 0.382 e. The van der Waals surface area contributed by atoms with Crippen LogP contribution in [0.3, 0.4) is 0 Å². The number of aliphatic hydroxyl groups excluding tert-OH is 2. The van der Waals surface area contributed by atoms with Crippen molar-refractivity contribution in [2.24, 2.45) is 11.8 Å². The molecule has 2 amide bonds. The molecule has 0 aromatic heterocycles. The topological polar surface area (TPSA) is 133 Å². The number of ketones is 2. The Kier molecular flexibility index (Phi) is 4.15. The molecule has 4 unspecified atom stereocenters. The number of hydrogen-bond donors (Lipinski definition) is 4. The summed E-state index contributed by atoms with van der Waals surface area (Å²) in [5, 5.41) is 24.4. The zero-order valence-electron chi connectivity index (χ0n) is 10.7. The van der Waals surface area contributed by atoms with E-state index in [9.17, 15) is 29.4 Å². The Labute approximate surface area is 114 Å². The second-order valence-electron chi connectivity index (χ2n) is 4.96. The van der Waals surface area contributed by atoms with E-state index in [4.69, 9.17) is 0 Å². The summed E-state index contributed by atoms with van der Waals surface area (Å²) in [6.45, 7) is 0.633. The van der Waals surface area contributed by atoms with E-state index >= 15 is 0 Å². The van der Waals surface area contributed by atoms with Gasteiger partial charge < -0.3 is 20.8 Å². The van der Waals surface area contributed by atoms with Crippen molar-refractivity contribution in [2.75, 3.05) is 13.1 Å². The maximum Gasteiger partial charge on any atom is 0.230 e. The van der Waals surface area contributed by atoms with Gasteiger partial charge in [0, 0.05) is 13.1 Å². The van der Waals surface area contributed by atoms with E-state index in [2.05, 4.69) is 10.6 Å². The van der Waals surface area contributed by atoms with Crippen molar-refractivity contribution in [3.63, 3.8) is 0 Å². The number of nitrogens with one attached hydrogen (secondary N) is 2. The van der Waals surface area contributed by atoms with E-state index in [1.807, 2.05) is 0 Å². The number of carbonyl (C=O) groups is 4. The number of aliphatic hydroxyl groups is 2. The highest BCUT2D eigenvalue weighted by atomic mass is 16.3. The van der Waals surface area contributed by atoms with Gasteiger partial charge in [0.05, 0.1) is 0 Å². The predicted octanol–water partition coefficient (Wildman–Crippen LogP) is -2.88. The molecule has 0 radical (unpaired) electrons. The molecule has 4 atom stereocenters. The second-order valence-corrected chi connectivity index (χ2v) is 4.96. The molecule has 0 saturated carbocycles. The standard InChI is InChI=1S/C12H16N2O6/c15-7(5-1-3-13-11(5)19)9(17)10(18)8(16)6-2-4-14-12(6)20/h5-6,9-10,17-18H,1-4H2,(H,13,19)(H,14,20). The number of amides is 2. The smallest absolute Gasteiger partial charge is 0.230 e. The van der Waals surface area contributed by atoms with E-state index in [1.165, 1.54) is 0 Å². The molecule has 0 aromatic carbocycles. The van der Waals surface area contributed by atoms with Gasteiger partial charge in [-0.25, -0.2) is 0 Å². The van der Waals surface area contributed by atoms with Crippen LogP contribution < -0.4 is 10.6 Å². The molecule has 2 rings (SSSR count). The fourth-order valence-corrected chi connectivity index (χ4v) is 2.45. The lowest BCUT2D eigenvalue weighted by Gasteiger charge is -2.19. The molecule has 0 spiro atoms. The summed E-state index contributed by atoms with van der Waals surface area (Å²) in [5.74, 6) is -4.92. The maximum atomic E-state index is 11.9. The van der Waals surface area contributed by atoms with Crippen molar-refractivity contribution < 1.29 is 29.4 Å².